The molecule has 1 rings (SSSR count). The van der Waals surface area contributed by atoms with Crippen LogP contribution < -0.4 is 5.32 Å². The van der Waals surface area contributed by atoms with Crippen molar-refractivity contribution in [3.05, 3.63) is 29.3 Å². The van der Waals surface area contributed by atoms with E-state index in [2.05, 4.69) is 51.2 Å². The summed E-state index contributed by atoms with van der Waals surface area (Å²) in [5, 5.41) is 3.21. The molecule has 1 unspecified atom stereocenters. The number of amides is 1. The van der Waals surface area contributed by atoms with Gasteiger partial charge in [0.2, 0.25) is 5.91 Å². The summed E-state index contributed by atoms with van der Waals surface area (Å²) in [4.78, 5) is 12.9. The van der Waals surface area contributed by atoms with Crippen LogP contribution >= 0.6 is 0 Å². The molecule has 0 aromatic heterocycles. The molecule has 0 heterocycles. The fraction of sp³-hybridized carbons (Fsp3) is 0.708. The average molecular weight is 360 g/mol. The van der Waals surface area contributed by atoms with Crippen molar-refractivity contribution in [2.45, 2.75) is 105 Å². The Bertz CT molecular complexity index is 509. The van der Waals surface area contributed by atoms with Crippen LogP contribution in [-0.2, 0) is 4.79 Å². The van der Waals surface area contributed by atoms with Gasteiger partial charge in [-0.25, -0.2) is 0 Å². The Morgan fingerprint density at radius 2 is 1.38 bits per heavy atom. The summed E-state index contributed by atoms with van der Waals surface area (Å²) in [6.07, 6.45) is 14.8. The minimum atomic E-state index is 0.165. The monoisotopic (exact) mass is 359 g/mol. The Labute approximate surface area is 162 Å². The lowest BCUT2D eigenvalue weighted by Gasteiger charge is -2.18. The van der Waals surface area contributed by atoms with Crippen molar-refractivity contribution in [1.82, 2.24) is 0 Å². The smallest absolute Gasteiger partial charge is 0.227 e. The van der Waals surface area contributed by atoms with Gasteiger partial charge in [0.05, 0.1) is 0 Å². The van der Waals surface area contributed by atoms with E-state index in [1.54, 1.807) is 0 Å². The number of carbonyl (C=O) groups is 1. The van der Waals surface area contributed by atoms with Crippen LogP contribution in [0.4, 0.5) is 5.69 Å². The zero-order chi connectivity index (χ0) is 19.2. The van der Waals surface area contributed by atoms with Gasteiger partial charge >= 0.3 is 0 Å². The van der Waals surface area contributed by atoms with Crippen LogP contribution in [0.5, 0.6) is 0 Å². The zero-order valence-electron chi connectivity index (χ0n) is 17.7. The van der Waals surface area contributed by atoms with Gasteiger partial charge in [-0.05, 0) is 43.9 Å². The molecule has 0 aliphatic rings. The van der Waals surface area contributed by atoms with Gasteiger partial charge in [-0.15, -0.1) is 0 Å². The Morgan fingerprint density at radius 3 is 2.00 bits per heavy atom. The van der Waals surface area contributed by atoms with Crippen molar-refractivity contribution in [3.63, 3.8) is 0 Å². The molecule has 1 atom stereocenters. The largest absolute Gasteiger partial charge is 0.326 e. The fourth-order valence-electron chi connectivity index (χ4n) is 3.50. The van der Waals surface area contributed by atoms with Gasteiger partial charge in [0.15, 0.2) is 0 Å². The Balaban J connectivity index is 2.54. The van der Waals surface area contributed by atoms with E-state index >= 15 is 0 Å². The lowest BCUT2D eigenvalue weighted by molar-refractivity contribution is -0.120. The lowest BCUT2D eigenvalue weighted by Crippen LogP contribution is -2.23. The number of unbranched alkanes of at least 4 members (excludes halogenated alkanes) is 8. The van der Waals surface area contributed by atoms with Gasteiger partial charge in [-0.2, -0.15) is 0 Å². The van der Waals surface area contributed by atoms with Crippen molar-refractivity contribution < 1.29 is 4.79 Å². The minimum absolute atomic E-state index is 0.165. The standard InChI is InChI=1S/C24H41NO/c1-5-7-9-11-12-14-16-22(15-13-10-8-6-2)24(26)25-23-19-20(3)17-18-21(23)4/h17-19,22H,5-16H2,1-4H3,(H,25,26). The number of nitrogens with one attached hydrogen (secondary N) is 1. The highest BCUT2D eigenvalue weighted by Gasteiger charge is 2.18. The molecule has 0 radical (unpaired) electrons. The maximum Gasteiger partial charge on any atom is 0.227 e. The highest BCUT2D eigenvalue weighted by Crippen LogP contribution is 2.23. The highest BCUT2D eigenvalue weighted by atomic mass is 16.1. The molecule has 0 aliphatic heterocycles. The second-order valence-corrected chi connectivity index (χ2v) is 7.91. The summed E-state index contributed by atoms with van der Waals surface area (Å²) in [7, 11) is 0. The van der Waals surface area contributed by atoms with Crippen molar-refractivity contribution in [2.75, 3.05) is 5.32 Å². The molecular weight excluding hydrogens is 318 g/mol. The Kier molecular flexibility index (Phi) is 12.1. The molecule has 2 heteroatoms. The summed E-state index contributed by atoms with van der Waals surface area (Å²) >= 11 is 0. The first-order chi connectivity index (χ1) is 12.6. The number of hydrogen-bond donors (Lipinski definition) is 1. The van der Waals surface area contributed by atoms with E-state index in [0.717, 1.165) is 24.1 Å². The van der Waals surface area contributed by atoms with Gasteiger partial charge < -0.3 is 5.32 Å². The summed E-state index contributed by atoms with van der Waals surface area (Å²) in [5.41, 5.74) is 3.33. The van der Waals surface area contributed by atoms with Crippen molar-refractivity contribution in [1.29, 1.82) is 0 Å². The Hall–Kier alpha value is -1.31. The van der Waals surface area contributed by atoms with Crippen molar-refractivity contribution in [3.8, 4) is 0 Å². The SMILES string of the molecule is CCCCCCCCC(CCCCCC)C(=O)Nc1cc(C)ccc1C. The molecule has 0 fully saturated rings. The normalized spacial score (nSPS) is 12.2. The van der Waals surface area contributed by atoms with Gasteiger partial charge in [-0.3, -0.25) is 4.79 Å². The zero-order valence-corrected chi connectivity index (χ0v) is 17.7. The topological polar surface area (TPSA) is 29.1 Å². The summed E-state index contributed by atoms with van der Waals surface area (Å²) < 4.78 is 0. The van der Waals surface area contributed by atoms with E-state index in [4.69, 9.17) is 0 Å². The maximum atomic E-state index is 12.9. The molecule has 1 aromatic carbocycles. The van der Waals surface area contributed by atoms with Crippen LogP contribution in [0, 0.1) is 19.8 Å². The maximum absolute atomic E-state index is 12.9. The van der Waals surface area contributed by atoms with E-state index in [0.29, 0.717) is 0 Å². The van der Waals surface area contributed by atoms with Crippen molar-refractivity contribution in [2.24, 2.45) is 5.92 Å². The highest BCUT2D eigenvalue weighted by molar-refractivity contribution is 5.93. The van der Waals surface area contributed by atoms with Crippen LogP contribution in [0.1, 0.15) is 102 Å². The van der Waals surface area contributed by atoms with E-state index < -0.39 is 0 Å². The van der Waals surface area contributed by atoms with Gasteiger partial charge in [-0.1, -0.05) is 90.2 Å². The van der Waals surface area contributed by atoms with Gasteiger partial charge in [0.1, 0.15) is 0 Å². The number of anilines is 1. The van der Waals surface area contributed by atoms with E-state index in [1.165, 1.54) is 69.8 Å². The second kappa shape index (κ2) is 13.8. The van der Waals surface area contributed by atoms with E-state index in [1.807, 2.05) is 0 Å². The summed E-state index contributed by atoms with van der Waals surface area (Å²) in [5.74, 6) is 0.390. The number of benzene rings is 1. The molecule has 1 aromatic rings. The number of aryl methyl sites for hydroxylation is 2. The minimum Gasteiger partial charge on any atom is -0.326 e. The molecule has 1 amide bonds. The lowest BCUT2D eigenvalue weighted by atomic mass is 9.93. The third-order valence-electron chi connectivity index (χ3n) is 5.33. The third-order valence-corrected chi connectivity index (χ3v) is 5.33. The molecule has 26 heavy (non-hydrogen) atoms. The molecule has 0 saturated heterocycles. The quantitative estimate of drug-likeness (QED) is 0.341. The van der Waals surface area contributed by atoms with Gasteiger partial charge in [0.25, 0.3) is 0 Å². The molecule has 0 spiro atoms. The first-order valence-electron chi connectivity index (χ1n) is 11.0. The van der Waals surface area contributed by atoms with E-state index in [9.17, 15) is 4.79 Å². The van der Waals surface area contributed by atoms with Crippen LogP contribution in [0.15, 0.2) is 18.2 Å². The molecule has 148 valence electrons. The number of hydrogen-bond acceptors (Lipinski definition) is 1. The fourth-order valence-corrected chi connectivity index (χ4v) is 3.50. The van der Waals surface area contributed by atoms with Crippen LogP contribution in [0.25, 0.3) is 0 Å². The molecular formula is C24H41NO. The van der Waals surface area contributed by atoms with Crippen LogP contribution in [0.3, 0.4) is 0 Å². The summed E-state index contributed by atoms with van der Waals surface area (Å²) in [6, 6.07) is 6.28. The van der Waals surface area contributed by atoms with Crippen LogP contribution in [0.2, 0.25) is 0 Å². The average Bonchev–Trinajstić information content (AvgIpc) is 2.62. The number of carbonyl (C=O) groups excluding carboxylic acids is 1. The molecule has 1 N–H and O–H groups in total. The molecule has 0 bridgehead atoms. The first kappa shape index (κ1) is 22.7. The Morgan fingerprint density at radius 1 is 0.846 bits per heavy atom. The van der Waals surface area contributed by atoms with E-state index in [-0.39, 0.29) is 11.8 Å². The first-order valence-corrected chi connectivity index (χ1v) is 11.0. The van der Waals surface area contributed by atoms with Crippen LogP contribution in [-0.4, -0.2) is 5.91 Å². The molecule has 2 nitrogen and oxygen atoms in total. The predicted octanol–water partition coefficient (Wildman–Crippen LogP) is 7.58. The van der Waals surface area contributed by atoms with Crippen molar-refractivity contribution >= 4 is 11.6 Å². The van der Waals surface area contributed by atoms with Gasteiger partial charge in [0, 0.05) is 11.6 Å². The molecule has 0 aliphatic carbocycles. The summed E-state index contributed by atoms with van der Waals surface area (Å²) in [6.45, 7) is 8.64. The predicted molar refractivity (Wildman–Crippen MR) is 115 cm³/mol. The number of rotatable bonds is 14. The third kappa shape index (κ3) is 9.40. The molecule has 0 saturated carbocycles. The second-order valence-electron chi connectivity index (χ2n) is 7.91.